The van der Waals surface area contributed by atoms with Crippen molar-refractivity contribution in [2.75, 3.05) is 18.6 Å². The monoisotopic (exact) mass is 311 g/mol. The van der Waals surface area contributed by atoms with Crippen LogP contribution in [-0.4, -0.2) is 25.5 Å². The third-order valence-electron chi connectivity index (χ3n) is 3.58. The Morgan fingerprint density at radius 1 is 1.00 bits per heavy atom. The number of esters is 1. The summed E-state index contributed by atoms with van der Waals surface area (Å²) in [4.78, 5) is 26.3. The van der Waals surface area contributed by atoms with Crippen molar-refractivity contribution in [3.8, 4) is 0 Å². The van der Waals surface area contributed by atoms with Gasteiger partial charge in [0.15, 0.2) is 0 Å². The summed E-state index contributed by atoms with van der Waals surface area (Å²) >= 11 is 0. The fourth-order valence-electron chi connectivity index (χ4n) is 2.32. The summed E-state index contributed by atoms with van der Waals surface area (Å²) in [5.74, 6) is -0.560. The number of para-hydroxylation sites is 1. The number of rotatable bonds is 6. The summed E-state index contributed by atoms with van der Waals surface area (Å²) in [6.45, 7) is 2.73. The number of methoxy groups -OCH3 is 1. The molecule has 0 bridgehead atoms. The Labute approximate surface area is 136 Å². The lowest BCUT2D eigenvalue weighted by molar-refractivity contribution is 0.0600. The zero-order valence-electron chi connectivity index (χ0n) is 13.5. The number of anilines is 1. The van der Waals surface area contributed by atoms with Crippen LogP contribution in [0.2, 0.25) is 0 Å². The van der Waals surface area contributed by atoms with Gasteiger partial charge in [0.2, 0.25) is 0 Å². The van der Waals surface area contributed by atoms with E-state index in [1.54, 1.807) is 29.2 Å². The van der Waals surface area contributed by atoms with Crippen LogP contribution in [0.5, 0.6) is 0 Å². The van der Waals surface area contributed by atoms with Crippen molar-refractivity contribution < 1.29 is 14.3 Å². The Hall–Kier alpha value is -2.62. The molecule has 0 aliphatic heterocycles. The van der Waals surface area contributed by atoms with E-state index in [1.807, 2.05) is 30.3 Å². The van der Waals surface area contributed by atoms with Crippen molar-refractivity contribution in [1.29, 1.82) is 0 Å². The van der Waals surface area contributed by atoms with Crippen molar-refractivity contribution >= 4 is 17.6 Å². The van der Waals surface area contributed by atoms with Crippen LogP contribution in [0.1, 0.15) is 40.5 Å². The molecular weight excluding hydrogens is 290 g/mol. The van der Waals surface area contributed by atoms with Crippen molar-refractivity contribution in [3.05, 3.63) is 65.7 Å². The Balaban J connectivity index is 2.32. The normalized spacial score (nSPS) is 10.2. The Morgan fingerprint density at radius 3 is 2.35 bits per heavy atom. The smallest absolute Gasteiger partial charge is 0.337 e. The van der Waals surface area contributed by atoms with Crippen LogP contribution in [0.4, 0.5) is 5.69 Å². The highest BCUT2D eigenvalue weighted by Gasteiger charge is 2.18. The first-order valence-electron chi connectivity index (χ1n) is 7.72. The lowest BCUT2D eigenvalue weighted by Crippen LogP contribution is -2.32. The number of carbonyl (C=O) groups is 2. The number of amides is 1. The summed E-state index contributed by atoms with van der Waals surface area (Å²) in [6, 6.07) is 16.2. The largest absolute Gasteiger partial charge is 0.465 e. The first-order chi connectivity index (χ1) is 11.2. The van der Waals surface area contributed by atoms with Gasteiger partial charge in [-0.15, -0.1) is 0 Å². The molecule has 0 saturated heterocycles. The zero-order chi connectivity index (χ0) is 16.7. The van der Waals surface area contributed by atoms with Gasteiger partial charge in [0.05, 0.1) is 12.7 Å². The lowest BCUT2D eigenvalue weighted by Gasteiger charge is -2.23. The van der Waals surface area contributed by atoms with E-state index in [4.69, 9.17) is 4.74 Å². The van der Waals surface area contributed by atoms with Gasteiger partial charge in [0.25, 0.3) is 5.91 Å². The molecule has 0 N–H and O–H groups in total. The summed E-state index contributed by atoms with van der Waals surface area (Å²) in [6.07, 6.45) is 1.91. The molecule has 0 fully saturated rings. The molecule has 0 aliphatic carbocycles. The molecule has 0 spiro atoms. The van der Waals surface area contributed by atoms with Gasteiger partial charge in [-0.1, -0.05) is 37.6 Å². The average Bonchev–Trinajstić information content (AvgIpc) is 2.62. The molecule has 2 rings (SSSR count). The first kappa shape index (κ1) is 16.7. The number of hydrogen-bond acceptors (Lipinski definition) is 3. The van der Waals surface area contributed by atoms with Crippen LogP contribution >= 0.6 is 0 Å². The SMILES string of the molecule is CCCCN(C(=O)c1cccc(C(=O)OC)c1)c1ccccc1. The third-order valence-corrected chi connectivity index (χ3v) is 3.58. The highest BCUT2D eigenvalue weighted by molar-refractivity contribution is 6.07. The zero-order valence-corrected chi connectivity index (χ0v) is 13.5. The average molecular weight is 311 g/mol. The summed E-state index contributed by atoms with van der Waals surface area (Å²) in [7, 11) is 1.33. The highest BCUT2D eigenvalue weighted by Crippen LogP contribution is 2.18. The highest BCUT2D eigenvalue weighted by atomic mass is 16.5. The van der Waals surface area contributed by atoms with Gasteiger partial charge in [-0.2, -0.15) is 0 Å². The summed E-state index contributed by atoms with van der Waals surface area (Å²) in [5, 5.41) is 0. The minimum Gasteiger partial charge on any atom is -0.465 e. The molecule has 0 aliphatic rings. The maximum atomic E-state index is 12.9. The molecule has 2 aromatic carbocycles. The maximum absolute atomic E-state index is 12.9. The second-order valence-electron chi connectivity index (χ2n) is 5.22. The van der Waals surface area contributed by atoms with E-state index in [-0.39, 0.29) is 5.91 Å². The molecule has 0 unspecified atom stereocenters. The molecule has 4 heteroatoms. The Kier molecular flexibility index (Phi) is 5.92. The molecule has 4 nitrogen and oxygen atoms in total. The van der Waals surface area contributed by atoms with Crippen molar-refractivity contribution in [3.63, 3.8) is 0 Å². The number of ether oxygens (including phenoxy) is 1. The molecule has 0 aromatic heterocycles. The standard InChI is InChI=1S/C19H21NO3/c1-3-4-13-20(17-11-6-5-7-12-17)18(21)15-9-8-10-16(14-15)19(22)23-2/h5-12,14H,3-4,13H2,1-2H3. The van der Waals surface area contributed by atoms with Crippen LogP contribution in [0, 0.1) is 0 Å². The number of hydrogen-bond donors (Lipinski definition) is 0. The van der Waals surface area contributed by atoms with Gasteiger partial charge < -0.3 is 9.64 Å². The molecule has 23 heavy (non-hydrogen) atoms. The lowest BCUT2D eigenvalue weighted by atomic mass is 10.1. The fourth-order valence-corrected chi connectivity index (χ4v) is 2.32. The predicted molar refractivity (Wildman–Crippen MR) is 90.8 cm³/mol. The quantitative estimate of drug-likeness (QED) is 0.760. The van der Waals surface area contributed by atoms with E-state index in [0.29, 0.717) is 17.7 Å². The molecule has 0 atom stereocenters. The number of unbranched alkanes of at least 4 members (excludes halogenated alkanes) is 1. The first-order valence-corrected chi connectivity index (χ1v) is 7.72. The predicted octanol–water partition coefficient (Wildman–Crippen LogP) is 3.92. The van der Waals surface area contributed by atoms with E-state index in [9.17, 15) is 9.59 Å². The number of carbonyl (C=O) groups excluding carboxylic acids is 2. The van der Waals surface area contributed by atoms with Gasteiger partial charge >= 0.3 is 5.97 Å². The van der Waals surface area contributed by atoms with Crippen LogP contribution < -0.4 is 4.90 Å². The molecule has 0 radical (unpaired) electrons. The molecular formula is C19H21NO3. The van der Waals surface area contributed by atoms with Crippen LogP contribution in [0.3, 0.4) is 0 Å². The fraction of sp³-hybridized carbons (Fsp3) is 0.263. The van der Waals surface area contributed by atoms with Crippen LogP contribution in [-0.2, 0) is 4.74 Å². The summed E-state index contributed by atoms with van der Waals surface area (Å²) < 4.78 is 4.72. The van der Waals surface area contributed by atoms with E-state index in [0.717, 1.165) is 18.5 Å². The van der Waals surface area contributed by atoms with Crippen molar-refractivity contribution in [1.82, 2.24) is 0 Å². The van der Waals surface area contributed by atoms with Crippen LogP contribution in [0.15, 0.2) is 54.6 Å². The minimum absolute atomic E-state index is 0.115. The number of nitrogens with zero attached hydrogens (tertiary/aromatic N) is 1. The summed E-state index contributed by atoms with van der Waals surface area (Å²) in [5.41, 5.74) is 1.71. The molecule has 0 saturated carbocycles. The second kappa shape index (κ2) is 8.13. The molecule has 0 heterocycles. The van der Waals surface area contributed by atoms with E-state index in [1.165, 1.54) is 7.11 Å². The van der Waals surface area contributed by atoms with E-state index in [2.05, 4.69) is 6.92 Å². The van der Waals surface area contributed by atoms with Gasteiger partial charge in [-0.25, -0.2) is 4.79 Å². The Bertz CT molecular complexity index is 667. The van der Waals surface area contributed by atoms with Crippen LogP contribution in [0.25, 0.3) is 0 Å². The van der Waals surface area contributed by atoms with Gasteiger partial charge in [0.1, 0.15) is 0 Å². The number of benzene rings is 2. The second-order valence-corrected chi connectivity index (χ2v) is 5.22. The van der Waals surface area contributed by atoms with Gasteiger partial charge in [-0.05, 0) is 36.8 Å². The van der Waals surface area contributed by atoms with E-state index >= 15 is 0 Å². The maximum Gasteiger partial charge on any atom is 0.337 e. The topological polar surface area (TPSA) is 46.6 Å². The van der Waals surface area contributed by atoms with Crippen molar-refractivity contribution in [2.24, 2.45) is 0 Å². The Morgan fingerprint density at radius 2 is 1.70 bits per heavy atom. The van der Waals surface area contributed by atoms with Gasteiger partial charge in [0, 0.05) is 17.8 Å². The minimum atomic E-state index is -0.445. The molecule has 2 aromatic rings. The van der Waals surface area contributed by atoms with E-state index < -0.39 is 5.97 Å². The molecule has 120 valence electrons. The molecule has 1 amide bonds. The van der Waals surface area contributed by atoms with Gasteiger partial charge in [-0.3, -0.25) is 4.79 Å². The van der Waals surface area contributed by atoms with Crippen molar-refractivity contribution in [2.45, 2.75) is 19.8 Å². The third kappa shape index (κ3) is 4.19.